The minimum absolute atomic E-state index is 0.159. The van der Waals surface area contributed by atoms with Crippen LogP contribution in [0.5, 0.6) is 0 Å². The van der Waals surface area contributed by atoms with Crippen LogP contribution in [0.15, 0.2) is 36.7 Å². The molecule has 1 aliphatic rings. The van der Waals surface area contributed by atoms with Crippen molar-refractivity contribution < 1.29 is 18.8 Å². The Labute approximate surface area is 140 Å². The van der Waals surface area contributed by atoms with E-state index >= 15 is 0 Å². The smallest absolute Gasteiger partial charge is 0.328 e. The predicted octanol–water partition coefficient (Wildman–Crippen LogP) is 2.18. The molecule has 2 N–H and O–H groups in total. The summed E-state index contributed by atoms with van der Waals surface area (Å²) in [6, 6.07) is 4.27. The van der Waals surface area contributed by atoms with Crippen LogP contribution in [0.3, 0.4) is 0 Å². The van der Waals surface area contributed by atoms with Crippen LogP contribution in [0.25, 0.3) is 0 Å². The third-order valence-electron chi connectivity index (χ3n) is 3.31. The number of aromatic nitrogens is 1. The molecule has 0 aliphatic carbocycles. The highest BCUT2D eigenvalue weighted by Gasteiger charge is 2.32. The van der Waals surface area contributed by atoms with E-state index in [1.54, 1.807) is 0 Å². The quantitative estimate of drug-likeness (QED) is 0.832. The molecule has 1 aliphatic heterocycles. The molecule has 1 saturated heterocycles. The molecule has 7 nitrogen and oxygen atoms in total. The molecule has 9 heteroatoms. The second kappa shape index (κ2) is 6.25. The fraction of sp³-hybridized carbons (Fsp3) is 0.0667. The Bertz CT molecular complexity index is 842. The third-order valence-corrected chi connectivity index (χ3v) is 3.61. The van der Waals surface area contributed by atoms with E-state index in [2.05, 4.69) is 15.6 Å². The summed E-state index contributed by atoms with van der Waals surface area (Å²) in [5, 5.41) is 4.99. The maximum Gasteiger partial charge on any atom is 0.329 e. The van der Waals surface area contributed by atoms with Gasteiger partial charge in [0.1, 0.15) is 5.82 Å². The molecule has 2 aromatic rings. The van der Waals surface area contributed by atoms with Gasteiger partial charge in [0.15, 0.2) is 0 Å². The molecule has 1 aromatic carbocycles. The molecule has 0 unspecified atom stereocenters. The first kappa shape index (κ1) is 15.9. The Hall–Kier alpha value is -3.00. The summed E-state index contributed by atoms with van der Waals surface area (Å²) >= 11 is 5.89. The number of pyridine rings is 1. The summed E-state index contributed by atoms with van der Waals surface area (Å²) < 4.78 is 14.0. The topological polar surface area (TPSA) is 91.4 Å². The lowest BCUT2D eigenvalue weighted by atomic mass is 10.2. The van der Waals surface area contributed by atoms with Gasteiger partial charge in [-0.05, 0) is 24.3 Å². The summed E-state index contributed by atoms with van der Waals surface area (Å²) in [6.07, 6.45) is 2.73. The normalized spacial score (nSPS) is 13.8. The van der Waals surface area contributed by atoms with Crippen molar-refractivity contribution in [1.29, 1.82) is 0 Å². The highest BCUT2D eigenvalue weighted by atomic mass is 35.5. The van der Waals surface area contributed by atoms with Crippen molar-refractivity contribution >= 4 is 40.8 Å². The highest BCUT2D eigenvalue weighted by molar-refractivity contribution is 6.34. The van der Waals surface area contributed by atoms with E-state index in [4.69, 9.17) is 11.6 Å². The molecular formula is C15H10ClFN4O3. The zero-order valence-corrected chi connectivity index (χ0v) is 12.8. The fourth-order valence-corrected chi connectivity index (χ4v) is 2.39. The lowest BCUT2D eigenvalue weighted by molar-refractivity contribution is -0.115. The van der Waals surface area contributed by atoms with Crippen molar-refractivity contribution in [3.05, 3.63) is 53.1 Å². The number of urea groups is 1. The number of nitrogens with one attached hydrogen (secondary N) is 2. The van der Waals surface area contributed by atoms with Gasteiger partial charge in [-0.15, -0.1) is 0 Å². The minimum Gasteiger partial charge on any atom is -0.328 e. The molecule has 0 spiro atoms. The number of nitrogens with zero attached hydrogens (tertiary/aromatic N) is 2. The lowest BCUT2D eigenvalue weighted by Crippen LogP contribution is -2.31. The summed E-state index contributed by atoms with van der Waals surface area (Å²) in [5.74, 6) is -1.88. The van der Waals surface area contributed by atoms with Crippen molar-refractivity contribution in [3.63, 3.8) is 0 Å². The summed E-state index contributed by atoms with van der Waals surface area (Å²) in [4.78, 5) is 40.0. The molecule has 0 radical (unpaired) electrons. The molecular weight excluding hydrogens is 339 g/mol. The number of carbonyl (C=O) groups excluding carboxylic acids is 3. The van der Waals surface area contributed by atoms with Gasteiger partial charge >= 0.3 is 6.03 Å². The number of rotatable bonds is 3. The first-order chi connectivity index (χ1) is 11.5. The molecule has 24 heavy (non-hydrogen) atoms. The average molecular weight is 349 g/mol. The second-order valence-electron chi connectivity index (χ2n) is 4.86. The molecule has 122 valence electrons. The van der Waals surface area contributed by atoms with Crippen molar-refractivity contribution in [2.75, 3.05) is 16.8 Å². The third kappa shape index (κ3) is 2.91. The number of anilines is 2. The van der Waals surface area contributed by atoms with Crippen LogP contribution in [0, 0.1) is 5.82 Å². The fourth-order valence-electron chi connectivity index (χ4n) is 2.19. The van der Waals surface area contributed by atoms with Crippen LogP contribution in [-0.2, 0) is 4.79 Å². The molecule has 4 amide bonds. The van der Waals surface area contributed by atoms with Gasteiger partial charge in [-0.2, -0.15) is 0 Å². The van der Waals surface area contributed by atoms with Crippen molar-refractivity contribution in [2.45, 2.75) is 0 Å². The van der Waals surface area contributed by atoms with E-state index in [0.717, 1.165) is 6.07 Å². The predicted molar refractivity (Wildman–Crippen MR) is 84.5 cm³/mol. The standard InChI is InChI=1S/C15H10ClFN4O3/c16-10-6-18-4-3-9(10)14(23)20-8-1-2-11(17)12(5-8)21-13(22)7-19-15(21)24/h1-6H,7H2,(H,19,24)(H,20,23). The molecule has 2 heterocycles. The zero-order valence-electron chi connectivity index (χ0n) is 12.0. The van der Waals surface area contributed by atoms with Crippen LogP contribution in [0.2, 0.25) is 5.02 Å². The number of imide groups is 1. The van der Waals surface area contributed by atoms with Crippen molar-refractivity contribution in [1.82, 2.24) is 10.3 Å². The number of amides is 4. The second-order valence-corrected chi connectivity index (χ2v) is 5.27. The van der Waals surface area contributed by atoms with Crippen LogP contribution >= 0.6 is 11.6 Å². The molecule has 0 atom stereocenters. The number of benzene rings is 1. The molecule has 1 fully saturated rings. The van der Waals surface area contributed by atoms with Gasteiger partial charge in [-0.3, -0.25) is 14.6 Å². The van der Waals surface area contributed by atoms with E-state index in [1.807, 2.05) is 0 Å². The van der Waals surface area contributed by atoms with Crippen LogP contribution in [0.4, 0.5) is 20.6 Å². The van der Waals surface area contributed by atoms with E-state index < -0.39 is 23.7 Å². The molecule has 0 saturated carbocycles. The van der Waals surface area contributed by atoms with Gasteiger partial charge in [0, 0.05) is 18.1 Å². The van der Waals surface area contributed by atoms with Crippen molar-refractivity contribution in [3.8, 4) is 0 Å². The van der Waals surface area contributed by atoms with Gasteiger partial charge < -0.3 is 10.6 Å². The Morgan fingerprint density at radius 3 is 2.79 bits per heavy atom. The van der Waals surface area contributed by atoms with E-state index in [9.17, 15) is 18.8 Å². The van der Waals surface area contributed by atoms with Gasteiger partial charge in [0.05, 0.1) is 22.8 Å². The Kier molecular flexibility index (Phi) is 4.13. The molecule has 0 bridgehead atoms. The Balaban J connectivity index is 1.89. The zero-order chi connectivity index (χ0) is 17.3. The van der Waals surface area contributed by atoms with Gasteiger partial charge in [-0.1, -0.05) is 11.6 Å². The first-order valence-corrected chi connectivity index (χ1v) is 7.16. The highest BCUT2D eigenvalue weighted by Crippen LogP contribution is 2.26. The minimum atomic E-state index is -0.764. The van der Waals surface area contributed by atoms with E-state index in [0.29, 0.717) is 4.90 Å². The van der Waals surface area contributed by atoms with Gasteiger partial charge in [0.2, 0.25) is 0 Å². The summed E-state index contributed by atoms with van der Waals surface area (Å²) in [7, 11) is 0. The number of halogens is 2. The SMILES string of the molecule is O=C(Nc1ccc(F)c(N2C(=O)CNC2=O)c1)c1ccncc1Cl. The number of hydrogen-bond acceptors (Lipinski definition) is 4. The van der Waals surface area contributed by atoms with Gasteiger partial charge in [0.25, 0.3) is 11.8 Å². The maximum atomic E-state index is 14.0. The summed E-state index contributed by atoms with van der Waals surface area (Å²) in [5.41, 5.74) is 0.151. The van der Waals surface area contributed by atoms with Crippen molar-refractivity contribution in [2.24, 2.45) is 0 Å². The largest absolute Gasteiger partial charge is 0.329 e. The number of carbonyl (C=O) groups is 3. The number of hydrogen-bond donors (Lipinski definition) is 2. The average Bonchev–Trinajstić information content (AvgIpc) is 2.88. The first-order valence-electron chi connectivity index (χ1n) is 6.78. The Morgan fingerprint density at radius 1 is 1.33 bits per heavy atom. The molecule has 1 aromatic heterocycles. The van der Waals surface area contributed by atoms with Crippen LogP contribution in [0.1, 0.15) is 10.4 Å². The monoisotopic (exact) mass is 348 g/mol. The molecule has 3 rings (SSSR count). The van der Waals surface area contributed by atoms with Crippen LogP contribution < -0.4 is 15.5 Å². The van der Waals surface area contributed by atoms with E-state index in [-0.39, 0.29) is 28.5 Å². The van der Waals surface area contributed by atoms with Crippen LogP contribution in [-0.4, -0.2) is 29.4 Å². The maximum absolute atomic E-state index is 14.0. The van der Waals surface area contributed by atoms with Gasteiger partial charge in [-0.25, -0.2) is 14.1 Å². The Morgan fingerprint density at radius 2 is 2.12 bits per heavy atom. The van der Waals surface area contributed by atoms with E-state index in [1.165, 1.54) is 30.6 Å². The summed E-state index contributed by atoms with van der Waals surface area (Å²) in [6.45, 7) is -0.207. The lowest BCUT2D eigenvalue weighted by Gasteiger charge is -2.15.